The number of carbonyl (C=O) groups is 2. The standard InChI is InChI=1S/C18H27N3O2/c1-4-13(2)19-18(23)15-7-5-6-8-16(15)20-17(22)14-9-11-21(3)12-10-14/h5-8,13-14H,4,9-12H2,1-3H3,(H,19,23)(H,20,22). The van der Waals surface area contributed by atoms with Gasteiger partial charge < -0.3 is 15.5 Å². The van der Waals surface area contributed by atoms with Crippen molar-refractivity contribution in [2.24, 2.45) is 5.92 Å². The summed E-state index contributed by atoms with van der Waals surface area (Å²) >= 11 is 0. The lowest BCUT2D eigenvalue weighted by atomic mass is 9.96. The molecular weight excluding hydrogens is 290 g/mol. The number of anilines is 1. The minimum Gasteiger partial charge on any atom is -0.350 e. The molecule has 1 aromatic carbocycles. The normalized spacial score (nSPS) is 17.5. The molecule has 2 rings (SSSR count). The molecule has 1 unspecified atom stereocenters. The molecule has 0 saturated carbocycles. The van der Waals surface area contributed by atoms with Crippen molar-refractivity contribution in [2.45, 2.75) is 39.2 Å². The van der Waals surface area contributed by atoms with Gasteiger partial charge in [-0.2, -0.15) is 0 Å². The summed E-state index contributed by atoms with van der Waals surface area (Å²) < 4.78 is 0. The molecular formula is C18H27N3O2. The number of rotatable bonds is 5. The zero-order valence-corrected chi connectivity index (χ0v) is 14.3. The molecule has 1 atom stereocenters. The molecule has 0 radical (unpaired) electrons. The van der Waals surface area contributed by atoms with E-state index < -0.39 is 0 Å². The Labute approximate surface area is 138 Å². The van der Waals surface area contributed by atoms with Crippen molar-refractivity contribution in [1.82, 2.24) is 10.2 Å². The molecule has 0 bridgehead atoms. The van der Waals surface area contributed by atoms with E-state index in [9.17, 15) is 9.59 Å². The first-order chi connectivity index (χ1) is 11.0. The molecule has 1 saturated heterocycles. The number of hydrogen-bond acceptors (Lipinski definition) is 3. The SMILES string of the molecule is CCC(C)NC(=O)c1ccccc1NC(=O)C1CCN(C)CC1. The molecule has 1 heterocycles. The van der Waals surface area contributed by atoms with E-state index in [1.165, 1.54) is 0 Å². The first kappa shape index (κ1) is 17.5. The summed E-state index contributed by atoms with van der Waals surface area (Å²) in [7, 11) is 2.07. The minimum absolute atomic E-state index is 0.0156. The molecule has 2 amide bonds. The topological polar surface area (TPSA) is 61.4 Å². The van der Waals surface area contributed by atoms with E-state index in [2.05, 4.69) is 22.6 Å². The van der Waals surface area contributed by atoms with Crippen molar-refractivity contribution in [3.05, 3.63) is 29.8 Å². The Morgan fingerprint density at radius 3 is 2.57 bits per heavy atom. The number of piperidine rings is 1. The molecule has 0 spiro atoms. The molecule has 126 valence electrons. The van der Waals surface area contributed by atoms with Crippen LogP contribution in [-0.4, -0.2) is 42.9 Å². The van der Waals surface area contributed by atoms with Crippen LogP contribution in [0.4, 0.5) is 5.69 Å². The Balaban J connectivity index is 2.05. The van der Waals surface area contributed by atoms with Gasteiger partial charge in [0.1, 0.15) is 0 Å². The fourth-order valence-electron chi connectivity index (χ4n) is 2.70. The van der Waals surface area contributed by atoms with Gasteiger partial charge in [0, 0.05) is 12.0 Å². The van der Waals surface area contributed by atoms with E-state index in [0.29, 0.717) is 11.3 Å². The molecule has 23 heavy (non-hydrogen) atoms. The van der Waals surface area contributed by atoms with Crippen LogP contribution in [0.1, 0.15) is 43.5 Å². The van der Waals surface area contributed by atoms with E-state index in [1.54, 1.807) is 12.1 Å². The second-order valence-corrected chi connectivity index (χ2v) is 6.40. The third-order valence-corrected chi connectivity index (χ3v) is 4.51. The van der Waals surface area contributed by atoms with Gasteiger partial charge in [-0.15, -0.1) is 0 Å². The summed E-state index contributed by atoms with van der Waals surface area (Å²) in [6.45, 7) is 5.87. The van der Waals surface area contributed by atoms with Crippen LogP contribution in [0.3, 0.4) is 0 Å². The molecule has 1 fully saturated rings. The van der Waals surface area contributed by atoms with Crippen LogP contribution in [0.5, 0.6) is 0 Å². The van der Waals surface area contributed by atoms with Crippen LogP contribution in [0.15, 0.2) is 24.3 Å². The van der Waals surface area contributed by atoms with E-state index in [1.807, 2.05) is 26.0 Å². The number of benzene rings is 1. The van der Waals surface area contributed by atoms with Gasteiger partial charge in [0.2, 0.25) is 5.91 Å². The summed E-state index contributed by atoms with van der Waals surface area (Å²) in [5.74, 6) is -0.0996. The van der Waals surface area contributed by atoms with Gasteiger partial charge in [0.25, 0.3) is 5.91 Å². The fourth-order valence-corrected chi connectivity index (χ4v) is 2.70. The maximum Gasteiger partial charge on any atom is 0.253 e. The third kappa shape index (κ3) is 4.79. The van der Waals surface area contributed by atoms with Crippen molar-refractivity contribution in [3.63, 3.8) is 0 Å². The summed E-state index contributed by atoms with van der Waals surface area (Å²) in [6, 6.07) is 7.31. The van der Waals surface area contributed by atoms with Crippen LogP contribution in [-0.2, 0) is 4.79 Å². The lowest BCUT2D eigenvalue weighted by Gasteiger charge is -2.28. The Morgan fingerprint density at radius 2 is 1.91 bits per heavy atom. The van der Waals surface area contributed by atoms with Gasteiger partial charge in [-0.05, 0) is 58.5 Å². The minimum atomic E-state index is -0.140. The Morgan fingerprint density at radius 1 is 1.26 bits per heavy atom. The Hall–Kier alpha value is -1.88. The van der Waals surface area contributed by atoms with Gasteiger partial charge in [-0.3, -0.25) is 9.59 Å². The largest absolute Gasteiger partial charge is 0.350 e. The number of carbonyl (C=O) groups excluding carboxylic acids is 2. The van der Waals surface area contributed by atoms with Gasteiger partial charge in [-0.1, -0.05) is 19.1 Å². The van der Waals surface area contributed by atoms with Crippen LogP contribution >= 0.6 is 0 Å². The first-order valence-corrected chi connectivity index (χ1v) is 8.40. The van der Waals surface area contributed by atoms with Crippen molar-refractivity contribution in [1.29, 1.82) is 0 Å². The monoisotopic (exact) mass is 317 g/mol. The molecule has 1 aromatic rings. The summed E-state index contributed by atoms with van der Waals surface area (Å²) in [5, 5.41) is 5.90. The number of para-hydroxylation sites is 1. The van der Waals surface area contributed by atoms with Crippen LogP contribution in [0.25, 0.3) is 0 Å². The molecule has 5 heteroatoms. The lowest BCUT2D eigenvalue weighted by Crippen LogP contribution is -2.36. The molecule has 1 aliphatic rings. The number of nitrogens with one attached hydrogen (secondary N) is 2. The van der Waals surface area contributed by atoms with E-state index in [0.717, 1.165) is 32.4 Å². The van der Waals surface area contributed by atoms with Crippen LogP contribution < -0.4 is 10.6 Å². The zero-order chi connectivity index (χ0) is 16.8. The summed E-state index contributed by atoms with van der Waals surface area (Å²) in [6.07, 6.45) is 2.60. The number of amides is 2. The molecule has 5 nitrogen and oxygen atoms in total. The maximum absolute atomic E-state index is 12.5. The van der Waals surface area contributed by atoms with E-state index in [-0.39, 0.29) is 23.8 Å². The van der Waals surface area contributed by atoms with Gasteiger partial charge in [0.15, 0.2) is 0 Å². The molecule has 1 aliphatic heterocycles. The fraction of sp³-hybridized carbons (Fsp3) is 0.556. The first-order valence-electron chi connectivity index (χ1n) is 8.40. The third-order valence-electron chi connectivity index (χ3n) is 4.51. The Kier molecular flexibility index (Phi) is 6.16. The van der Waals surface area contributed by atoms with Gasteiger partial charge >= 0.3 is 0 Å². The molecule has 0 aromatic heterocycles. The van der Waals surface area contributed by atoms with Gasteiger partial charge in [0.05, 0.1) is 11.3 Å². The number of nitrogens with zero attached hydrogens (tertiary/aromatic N) is 1. The van der Waals surface area contributed by atoms with E-state index in [4.69, 9.17) is 0 Å². The van der Waals surface area contributed by atoms with Crippen molar-refractivity contribution < 1.29 is 9.59 Å². The molecule has 0 aliphatic carbocycles. The highest BCUT2D eigenvalue weighted by molar-refractivity contribution is 6.04. The lowest BCUT2D eigenvalue weighted by molar-refractivity contribution is -0.121. The average molecular weight is 317 g/mol. The maximum atomic E-state index is 12.5. The van der Waals surface area contributed by atoms with Gasteiger partial charge in [-0.25, -0.2) is 0 Å². The summed E-state index contributed by atoms with van der Waals surface area (Å²) in [4.78, 5) is 27.1. The highest BCUT2D eigenvalue weighted by Crippen LogP contribution is 2.21. The van der Waals surface area contributed by atoms with Crippen molar-refractivity contribution >= 4 is 17.5 Å². The number of hydrogen-bond donors (Lipinski definition) is 2. The highest BCUT2D eigenvalue weighted by Gasteiger charge is 2.24. The number of likely N-dealkylation sites (tertiary alicyclic amines) is 1. The second kappa shape index (κ2) is 8.11. The average Bonchev–Trinajstić information content (AvgIpc) is 2.55. The smallest absolute Gasteiger partial charge is 0.253 e. The van der Waals surface area contributed by atoms with Crippen molar-refractivity contribution in [3.8, 4) is 0 Å². The highest BCUT2D eigenvalue weighted by atomic mass is 16.2. The van der Waals surface area contributed by atoms with E-state index >= 15 is 0 Å². The van der Waals surface area contributed by atoms with Crippen molar-refractivity contribution in [2.75, 3.05) is 25.5 Å². The van der Waals surface area contributed by atoms with Crippen LogP contribution in [0.2, 0.25) is 0 Å². The second-order valence-electron chi connectivity index (χ2n) is 6.40. The molecule has 2 N–H and O–H groups in total. The van der Waals surface area contributed by atoms with Crippen LogP contribution in [0, 0.1) is 5.92 Å². The zero-order valence-electron chi connectivity index (χ0n) is 14.3. The summed E-state index contributed by atoms with van der Waals surface area (Å²) in [5.41, 5.74) is 1.12. The predicted molar refractivity (Wildman–Crippen MR) is 92.5 cm³/mol. The quantitative estimate of drug-likeness (QED) is 0.877. The predicted octanol–water partition coefficient (Wildman–Crippen LogP) is 2.50. The Bertz CT molecular complexity index is 551.